The van der Waals surface area contributed by atoms with Gasteiger partial charge in [0.1, 0.15) is 0 Å². The highest BCUT2D eigenvalue weighted by atomic mass is 15.2. The maximum atomic E-state index is 3.81. The van der Waals surface area contributed by atoms with E-state index in [0.717, 1.165) is 13.1 Å². The minimum absolute atomic E-state index is 0.624. The maximum Gasteiger partial charge on any atom is 0.0340 e. The van der Waals surface area contributed by atoms with Crippen LogP contribution in [0.25, 0.3) is 6.08 Å². The summed E-state index contributed by atoms with van der Waals surface area (Å²) in [5.74, 6) is 0. The summed E-state index contributed by atoms with van der Waals surface area (Å²) < 4.78 is 0. The van der Waals surface area contributed by atoms with Gasteiger partial charge in [-0.05, 0) is 42.6 Å². The fraction of sp³-hybridized carbons (Fsp3) is 0.300. The molecular formula is C20H24N2. The van der Waals surface area contributed by atoms with Crippen LogP contribution in [-0.4, -0.2) is 24.0 Å². The summed E-state index contributed by atoms with van der Waals surface area (Å²) in [5, 5.41) is 3.57. The number of para-hydroxylation sites is 1. The van der Waals surface area contributed by atoms with Gasteiger partial charge in [0.25, 0.3) is 0 Å². The third kappa shape index (κ3) is 3.77. The summed E-state index contributed by atoms with van der Waals surface area (Å²) in [5.41, 5.74) is 3.79. The molecule has 2 aromatic carbocycles. The second kappa shape index (κ2) is 7.28. The fourth-order valence-electron chi connectivity index (χ4n) is 3.12. The average molecular weight is 292 g/mol. The van der Waals surface area contributed by atoms with E-state index in [-0.39, 0.29) is 0 Å². The van der Waals surface area contributed by atoms with Crippen molar-refractivity contribution >= 4 is 11.8 Å². The van der Waals surface area contributed by atoms with Crippen LogP contribution in [0.2, 0.25) is 0 Å². The first kappa shape index (κ1) is 14.9. The molecule has 1 atom stereocenters. The van der Waals surface area contributed by atoms with E-state index < -0.39 is 0 Å². The highest BCUT2D eigenvalue weighted by molar-refractivity contribution is 5.47. The number of hydrogen-bond donors (Lipinski definition) is 1. The predicted molar refractivity (Wildman–Crippen MR) is 94.9 cm³/mol. The molecule has 1 aliphatic heterocycles. The zero-order valence-electron chi connectivity index (χ0n) is 13.0. The van der Waals surface area contributed by atoms with E-state index in [1.807, 2.05) is 6.08 Å². The lowest BCUT2D eigenvalue weighted by Crippen LogP contribution is -2.34. The van der Waals surface area contributed by atoms with Crippen molar-refractivity contribution < 1.29 is 0 Å². The molecule has 1 heterocycles. The van der Waals surface area contributed by atoms with Crippen LogP contribution >= 0.6 is 0 Å². The van der Waals surface area contributed by atoms with Crippen molar-refractivity contribution in [1.82, 2.24) is 4.90 Å². The zero-order chi connectivity index (χ0) is 15.2. The molecule has 2 nitrogen and oxygen atoms in total. The Hall–Kier alpha value is -2.06. The zero-order valence-corrected chi connectivity index (χ0v) is 13.0. The summed E-state index contributed by atoms with van der Waals surface area (Å²) in [6.45, 7) is 7.07. The Kier molecular flexibility index (Phi) is 4.92. The number of hydrogen-bond acceptors (Lipinski definition) is 2. The van der Waals surface area contributed by atoms with Gasteiger partial charge in [-0.2, -0.15) is 0 Å². The van der Waals surface area contributed by atoms with E-state index in [1.165, 1.54) is 36.2 Å². The van der Waals surface area contributed by atoms with Gasteiger partial charge in [-0.25, -0.2) is 0 Å². The number of anilines is 1. The minimum atomic E-state index is 0.624. The average Bonchev–Trinajstić information content (AvgIpc) is 3.02. The molecule has 0 radical (unpaired) electrons. The van der Waals surface area contributed by atoms with Crippen LogP contribution in [0.1, 0.15) is 24.0 Å². The highest BCUT2D eigenvalue weighted by Crippen LogP contribution is 2.21. The van der Waals surface area contributed by atoms with Gasteiger partial charge in [0, 0.05) is 24.8 Å². The van der Waals surface area contributed by atoms with Crippen LogP contribution in [0.4, 0.5) is 5.69 Å². The summed E-state index contributed by atoms with van der Waals surface area (Å²) >= 11 is 0. The fourth-order valence-corrected chi connectivity index (χ4v) is 3.12. The van der Waals surface area contributed by atoms with Crippen molar-refractivity contribution in [1.29, 1.82) is 0 Å². The Labute approximate surface area is 133 Å². The maximum absolute atomic E-state index is 3.81. The van der Waals surface area contributed by atoms with Crippen LogP contribution in [0.3, 0.4) is 0 Å². The third-order valence-electron chi connectivity index (χ3n) is 4.42. The van der Waals surface area contributed by atoms with Crippen LogP contribution in [0.5, 0.6) is 0 Å². The summed E-state index contributed by atoms with van der Waals surface area (Å²) in [4.78, 5) is 2.60. The number of nitrogens with zero attached hydrogens (tertiary/aromatic N) is 1. The van der Waals surface area contributed by atoms with Crippen LogP contribution in [0, 0.1) is 0 Å². The standard InChI is InChI=1S/C20H24N2/c1-2-17-10-12-18(13-11-17)16-22-14-6-9-20(22)15-21-19-7-4-3-5-8-19/h2-5,7-8,10-13,20-21H,1,6,9,14-16H2/t20-/m0/s1. The summed E-state index contributed by atoms with van der Waals surface area (Å²) in [6.07, 6.45) is 4.47. The van der Waals surface area contributed by atoms with Crippen molar-refractivity contribution in [2.45, 2.75) is 25.4 Å². The number of likely N-dealkylation sites (tertiary alicyclic amines) is 1. The highest BCUT2D eigenvalue weighted by Gasteiger charge is 2.24. The van der Waals surface area contributed by atoms with E-state index in [0.29, 0.717) is 6.04 Å². The van der Waals surface area contributed by atoms with Gasteiger partial charge in [-0.1, -0.05) is 55.1 Å². The monoisotopic (exact) mass is 292 g/mol. The lowest BCUT2D eigenvalue weighted by molar-refractivity contribution is 0.254. The minimum Gasteiger partial charge on any atom is -0.383 e. The van der Waals surface area contributed by atoms with Crippen LogP contribution in [-0.2, 0) is 6.54 Å². The molecule has 1 fully saturated rings. The molecule has 0 bridgehead atoms. The molecule has 22 heavy (non-hydrogen) atoms. The number of rotatable bonds is 6. The Morgan fingerprint density at radius 1 is 1.09 bits per heavy atom. The molecule has 1 saturated heterocycles. The van der Waals surface area contributed by atoms with Gasteiger partial charge in [0.05, 0.1) is 0 Å². The molecule has 114 valence electrons. The second-order valence-electron chi connectivity index (χ2n) is 5.96. The number of benzene rings is 2. The van der Waals surface area contributed by atoms with Crippen molar-refractivity contribution in [2.24, 2.45) is 0 Å². The van der Waals surface area contributed by atoms with Crippen LogP contribution in [0.15, 0.2) is 61.2 Å². The molecule has 0 spiro atoms. The number of nitrogens with one attached hydrogen (secondary N) is 1. The first-order valence-electron chi connectivity index (χ1n) is 8.09. The largest absolute Gasteiger partial charge is 0.383 e. The van der Waals surface area contributed by atoms with E-state index >= 15 is 0 Å². The van der Waals surface area contributed by atoms with Gasteiger partial charge in [-0.15, -0.1) is 0 Å². The van der Waals surface area contributed by atoms with Gasteiger partial charge in [-0.3, -0.25) is 4.90 Å². The summed E-state index contributed by atoms with van der Waals surface area (Å²) in [6, 6.07) is 19.8. The predicted octanol–water partition coefficient (Wildman–Crippen LogP) is 4.41. The SMILES string of the molecule is C=Cc1ccc(CN2CCC[C@H]2CNc2ccccc2)cc1. The van der Waals surface area contributed by atoms with Crippen molar-refractivity contribution in [3.05, 3.63) is 72.3 Å². The van der Waals surface area contributed by atoms with Gasteiger partial charge < -0.3 is 5.32 Å². The lowest BCUT2D eigenvalue weighted by Gasteiger charge is -2.25. The van der Waals surface area contributed by atoms with Gasteiger partial charge >= 0.3 is 0 Å². The quantitative estimate of drug-likeness (QED) is 0.848. The molecule has 1 aliphatic rings. The molecule has 0 saturated carbocycles. The first-order chi connectivity index (χ1) is 10.8. The molecule has 2 aromatic rings. The molecule has 0 aromatic heterocycles. The third-order valence-corrected chi connectivity index (χ3v) is 4.42. The molecule has 2 heteroatoms. The Balaban J connectivity index is 1.56. The Bertz CT molecular complexity index is 589. The van der Waals surface area contributed by atoms with Crippen LogP contribution < -0.4 is 5.32 Å². The Morgan fingerprint density at radius 3 is 2.59 bits per heavy atom. The van der Waals surface area contributed by atoms with Gasteiger partial charge in [0.15, 0.2) is 0 Å². The van der Waals surface area contributed by atoms with E-state index in [9.17, 15) is 0 Å². The lowest BCUT2D eigenvalue weighted by atomic mass is 10.1. The molecule has 1 N–H and O–H groups in total. The first-order valence-corrected chi connectivity index (χ1v) is 8.09. The van der Waals surface area contributed by atoms with Crippen molar-refractivity contribution in [3.63, 3.8) is 0 Å². The van der Waals surface area contributed by atoms with E-state index in [1.54, 1.807) is 0 Å². The van der Waals surface area contributed by atoms with Crippen molar-refractivity contribution in [2.75, 3.05) is 18.4 Å². The normalized spacial score (nSPS) is 18.3. The Morgan fingerprint density at radius 2 is 1.86 bits per heavy atom. The van der Waals surface area contributed by atoms with E-state index in [4.69, 9.17) is 0 Å². The molecule has 3 rings (SSSR count). The second-order valence-corrected chi connectivity index (χ2v) is 5.96. The van der Waals surface area contributed by atoms with E-state index in [2.05, 4.69) is 71.4 Å². The topological polar surface area (TPSA) is 15.3 Å². The van der Waals surface area contributed by atoms with Gasteiger partial charge in [0.2, 0.25) is 0 Å². The summed E-state index contributed by atoms with van der Waals surface area (Å²) in [7, 11) is 0. The smallest absolute Gasteiger partial charge is 0.0340 e. The molecule has 0 amide bonds. The molecular weight excluding hydrogens is 268 g/mol. The molecule has 0 unspecified atom stereocenters. The van der Waals surface area contributed by atoms with Crippen molar-refractivity contribution in [3.8, 4) is 0 Å². The molecule has 0 aliphatic carbocycles.